The van der Waals surface area contributed by atoms with Crippen molar-refractivity contribution in [2.75, 3.05) is 16.5 Å². The van der Waals surface area contributed by atoms with E-state index < -0.39 is 27.7 Å². The van der Waals surface area contributed by atoms with Crippen LogP contribution in [0.3, 0.4) is 0 Å². The van der Waals surface area contributed by atoms with Crippen LogP contribution in [0.2, 0.25) is 0 Å². The smallest absolute Gasteiger partial charge is 0.294 e. The standard InChI is InChI=1S/C21H18N2O5S/c1-29(26,27)15-9-10-17-16(13-15)22-20(24)18(12-14-6-3-2-4-7-14)23(17)21(25)19-8-5-11-28-19/h2-11,13,18H,12H2,1H3,(H,22,24). The molecule has 0 fully saturated rings. The van der Waals surface area contributed by atoms with Gasteiger partial charge in [-0.2, -0.15) is 0 Å². The third-order valence-electron chi connectivity index (χ3n) is 4.75. The van der Waals surface area contributed by atoms with Crippen molar-refractivity contribution in [3.8, 4) is 0 Å². The zero-order valence-electron chi connectivity index (χ0n) is 15.5. The van der Waals surface area contributed by atoms with Gasteiger partial charge in [0.15, 0.2) is 15.6 Å². The van der Waals surface area contributed by atoms with E-state index in [-0.39, 0.29) is 16.3 Å². The van der Waals surface area contributed by atoms with Gasteiger partial charge in [0.05, 0.1) is 22.5 Å². The molecule has 3 aromatic rings. The van der Waals surface area contributed by atoms with Crippen LogP contribution in [-0.4, -0.2) is 32.5 Å². The van der Waals surface area contributed by atoms with Gasteiger partial charge in [-0.1, -0.05) is 30.3 Å². The fourth-order valence-corrected chi connectivity index (χ4v) is 4.00. The molecule has 1 aromatic heterocycles. The monoisotopic (exact) mass is 410 g/mol. The van der Waals surface area contributed by atoms with E-state index in [4.69, 9.17) is 4.42 Å². The second kappa shape index (κ2) is 7.21. The molecule has 7 nitrogen and oxygen atoms in total. The maximum atomic E-state index is 13.2. The Kier molecular flexibility index (Phi) is 4.71. The van der Waals surface area contributed by atoms with Gasteiger partial charge in [-0.05, 0) is 35.9 Å². The number of hydrogen-bond donors (Lipinski definition) is 1. The molecule has 2 amide bonds. The van der Waals surface area contributed by atoms with Crippen LogP contribution in [0, 0.1) is 0 Å². The van der Waals surface area contributed by atoms with Gasteiger partial charge < -0.3 is 9.73 Å². The number of nitrogens with one attached hydrogen (secondary N) is 1. The summed E-state index contributed by atoms with van der Waals surface area (Å²) < 4.78 is 29.1. The van der Waals surface area contributed by atoms with Gasteiger partial charge in [0.25, 0.3) is 5.91 Å². The van der Waals surface area contributed by atoms with E-state index in [1.165, 1.54) is 35.4 Å². The van der Waals surface area contributed by atoms with Gasteiger partial charge >= 0.3 is 0 Å². The summed E-state index contributed by atoms with van der Waals surface area (Å²) in [6, 6.07) is 16.0. The van der Waals surface area contributed by atoms with E-state index in [0.29, 0.717) is 12.1 Å². The molecule has 0 aliphatic carbocycles. The van der Waals surface area contributed by atoms with E-state index in [1.54, 1.807) is 6.07 Å². The minimum Gasteiger partial charge on any atom is -0.459 e. The number of amides is 2. The minimum absolute atomic E-state index is 0.0588. The average Bonchev–Trinajstić information content (AvgIpc) is 3.22. The van der Waals surface area contributed by atoms with Crippen LogP contribution in [0.25, 0.3) is 0 Å². The summed E-state index contributed by atoms with van der Waals surface area (Å²) in [6.45, 7) is 0. The van der Waals surface area contributed by atoms with E-state index in [2.05, 4.69) is 5.32 Å². The molecule has 1 N–H and O–H groups in total. The van der Waals surface area contributed by atoms with Gasteiger partial charge in [0.1, 0.15) is 6.04 Å². The number of carbonyl (C=O) groups is 2. The maximum absolute atomic E-state index is 13.2. The summed E-state index contributed by atoms with van der Waals surface area (Å²) in [5, 5.41) is 2.74. The predicted molar refractivity (Wildman–Crippen MR) is 108 cm³/mol. The molecule has 4 rings (SSSR count). The van der Waals surface area contributed by atoms with Crippen molar-refractivity contribution in [2.45, 2.75) is 17.4 Å². The Labute approximate surface area is 167 Å². The van der Waals surface area contributed by atoms with E-state index in [0.717, 1.165) is 11.8 Å². The number of carbonyl (C=O) groups excluding carboxylic acids is 2. The Hall–Kier alpha value is -3.39. The van der Waals surface area contributed by atoms with Crippen molar-refractivity contribution in [3.05, 3.63) is 78.3 Å². The molecule has 1 atom stereocenters. The molecule has 29 heavy (non-hydrogen) atoms. The van der Waals surface area contributed by atoms with Crippen LogP contribution < -0.4 is 10.2 Å². The normalized spacial score (nSPS) is 16.2. The van der Waals surface area contributed by atoms with Crippen LogP contribution in [-0.2, 0) is 21.1 Å². The van der Waals surface area contributed by atoms with Crippen molar-refractivity contribution < 1.29 is 22.4 Å². The molecule has 1 aliphatic rings. The zero-order valence-corrected chi connectivity index (χ0v) is 16.3. The second-order valence-electron chi connectivity index (χ2n) is 6.80. The predicted octanol–water partition coefficient (Wildman–Crippen LogP) is 2.89. The molecular weight excluding hydrogens is 392 g/mol. The van der Waals surface area contributed by atoms with Gasteiger partial charge in [-0.3, -0.25) is 14.5 Å². The fourth-order valence-electron chi connectivity index (χ4n) is 3.35. The van der Waals surface area contributed by atoms with Gasteiger partial charge in [0, 0.05) is 12.7 Å². The largest absolute Gasteiger partial charge is 0.459 e. The van der Waals surface area contributed by atoms with Crippen LogP contribution in [0.15, 0.2) is 76.2 Å². The second-order valence-corrected chi connectivity index (χ2v) is 8.81. The highest BCUT2D eigenvalue weighted by Crippen LogP contribution is 2.36. The van der Waals surface area contributed by atoms with E-state index in [1.807, 2.05) is 30.3 Å². The molecule has 148 valence electrons. The summed E-state index contributed by atoms with van der Waals surface area (Å²) in [4.78, 5) is 27.5. The highest BCUT2D eigenvalue weighted by Gasteiger charge is 2.38. The Morgan fingerprint density at radius 2 is 1.86 bits per heavy atom. The van der Waals surface area contributed by atoms with Crippen LogP contribution >= 0.6 is 0 Å². The number of furan rings is 1. The van der Waals surface area contributed by atoms with Crippen molar-refractivity contribution in [2.24, 2.45) is 0 Å². The fraction of sp³-hybridized carbons (Fsp3) is 0.143. The first-order valence-electron chi connectivity index (χ1n) is 8.90. The molecule has 0 saturated carbocycles. The molecule has 0 spiro atoms. The summed E-state index contributed by atoms with van der Waals surface area (Å²) in [6.07, 6.45) is 2.77. The first kappa shape index (κ1) is 18.9. The average molecular weight is 410 g/mol. The maximum Gasteiger partial charge on any atom is 0.294 e. The summed E-state index contributed by atoms with van der Waals surface area (Å²) >= 11 is 0. The number of hydrogen-bond acceptors (Lipinski definition) is 5. The third kappa shape index (κ3) is 3.66. The van der Waals surface area contributed by atoms with Crippen molar-refractivity contribution >= 4 is 33.0 Å². The summed E-state index contributed by atoms with van der Waals surface area (Å²) in [5.74, 6) is -0.776. The lowest BCUT2D eigenvalue weighted by molar-refractivity contribution is -0.117. The van der Waals surface area contributed by atoms with Gasteiger partial charge in [-0.25, -0.2) is 8.42 Å². The molecule has 0 bridgehead atoms. The van der Waals surface area contributed by atoms with Crippen LogP contribution in [0.5, 0.6) is 0 Å². The Bertz CT molecular complexity index is 1170. The number of benzene rings is 2. The topological polar surface area (TPSA) is 96.7 Å². The molecule has 1 aliphatic heterocycles. The van der Waals surface area contributed by atoms with E-state index in [9.17, 15) is 18.0 Å². The molecule has 0 saturated heterocycles. The summed E-state index contributed by atoms with van der Waals surface area (Å²) in [7, 11) is -3.47. The van der Waals surface area contributed by atoms with E-state index >= 15 is 0 Å². The van der Waals surface area contributed by atoms with Crippen molar-refractivity contribution in [1.29, 1.82) is 0 Å². The molecular formula is C21H18N2O5S. The first-order valence-corrected chi connectivity index (χ1v) is 10.8. The molecule has 1 unspecified atom stereocenters. The SMILES string of the molecule is CS(=O)(=O)c1ccc2c(c1)NC(=O)C(Cc1ccccc1)N2C(=O)c1ccco1. The van der Waals surface area contributed by atoms with Crippen LogP contribution in [0.4, 0.5) is 11.4 Å². The third-order valence-corrected chi connectivity index (χ3v) is 5.86. The minimum atomic E-state index is -3.47. The summed E-state index contributed by atoms with van der Waals surface area (Å²) in [5.41, 5.74) is 1.57. The number of anilines is 2. The number of nitrogens with zero attached hydrogens (tertiary/aromatic N) is 1. The van der Waals surface area contributed by atoms with Crippen molar-refractivity contribution in [1.82, 2.24) is 0 Å². The Morgan fingerprint density at radius 3 is 2.52 bits per heavy atom. The first-order chi connectivity index (χ1) is 13.8. The highest BCUT2D eigenvalue weighted by molar-refractivity contribution is 7.90. The molecule has 8 heteroatoms. The lowest BCUT2D eigenvalue weighted by Gasteiger charge is -2.36. The Morgan fingerprint density at radius 1 is 1.10 bits per heavy atom. The number of rotatable bonds is 4. The van der Waals surface area contributed by atoms with Gasteiger partial charge in [0.2, 0.25) is 5.91 Å². The zero-order chi connectivity index (χ0) is 20.6. The van der Waals surface area contributed by atoms with Gasteiger partial charge in [-0.15, -0.1) is 0 Å². The Balaban J connectivity index is 1.82. The van der Waals surface area contributed by atoms with Crippen LogP contribution in [0.1, 0.15) is 16.1 Å². The lowest BCUT2D eigenvalue weighted by Crippen LogP contribution is -2.52. The number of fused-ring (bicyclic) bond motifs is 1. The lowest BCUT2D eigenvalue weighted by atomic mass is 9.99. The number of sulfone groups is 1. The quantitative estimate of drug-likeness (QED) is 0.713. The molecule has 2 aromatic carbocycles. The molecule has 2 heterocycles. The molecule has 0 radical (unpaired) electrons. The van der Waals surface area contributed by atoms with Crippen molar-refractivity contribution in [3.63, 3.8) is 0 Å². The highest BCUT2D eigenvalue weighted by atomic mass is 32.2.